The van der Waals surface area contributed by atoms with Gasteiger partial charge in [0.25, 0.3) is 0 Å². The van der Waals surface area contributed by atoms with Gasteiger partial charge in [-0.05, 0) is 30.2 Å². The van der Waals surface area contributed by atoms with Crippen molar-refractivity contribution in [1.29, 1.82) is 0 Å². The van der Waals surface area contributed by atoms with Gasteiger partial charge in [0.1, 0.15) is 5.82 Å². The third-order valence-corrected chi connectivity index (χ3v) is 1.85. The number of benzene rings is 1. The summed E-state index contributed by atoms with van der Waals surface area (Å²) in [5.74, 6) is -0.417. The molecule has 0 spiro atoms. The van der Waals surface area contributed by atoms with Crippen LogP contribution in [-0.2, 0) is 0 Å². The van der Waals surface area contributed by atoms with Crippen LogP contribution in [0.1, 0.15) is 18.1 Å². The maximum absolute atomic E-state index is 13.0. The Morgan fingerprint density at radius 3 is 2.62 bits per heavy atom. The maximum atomic E-state index is 13.0. The molecular weight excluding hydrogens is 165 g/mol. The molecule has 0 saturated heterocycles. The number of nitrogen functional groups attached to an aromatic ring is 1. The molecule has 0 aromatic heterocycles. The zero-order chi connectivity index (χ0) is 10.0. The smallest absolute Gasteiger partial charge is 0.146 e. The van der Waals surface area contributed by atoms with Crippen LogP contribution in [0.5, 0.6) is 0 Å². The fourth-order valence-electron chi connectivity index (χ4n) is 1.14. The SMILES string of the molecule is C=Cc1cc(F)c(N)cc1C(=C)C. The summed E-state index contributed by atoms with van der Waals surface area (Å²) in [6, 6.07) is 2.95. The van der Waals surface area contributed by atoms with E-state index in [9.17, 15) is 4.39 Å². The Morgan fingerprint density at radius 1 is 1.54 bits per heavy atom. The van der Waals surface area contributed by atoms with Gasteiger partial charge in [-0.15, -0.1) is 0 Å². The van der Waals surface area contributed by atoms with Crippen LogP contribution in [0.2, 0.25) is 0 Å². The highest BCUT2D eigenvalue weighted by Gasteiger charge is 2.05. The summed E-state index contributed by atoms with van der Waals surface area (Å²) in [4.78, 5) is 0. The summed E-state index contributed by atoms with van der Waals surface area (Å²) >= 11 is 0. The third-order valence-electron chi connectivity index (χ3n) is 1.85. The topological polar surface area (TPSA) is 26.0 Å². The van der Waals surface area contributed by atoms with Crippen molar-refractivity contribution >= 4 is 17.3 Å². The number of allylic oxidation sites excluding steroid dienone is 1. The number of hydrogen-bond acceptors (Lipinski definition) is 1. The summed E-state index contributed by atoms with van der Waals surface area (Å²) < 4.78 is 13.0. The molecule has 68 valence electrons. The van der Waals surface area contributed by atoms with E-state index >= 15 is 0 Å². The van der Waals surface area contributed by atoms with Crippen molar-refractivity contribution in [1.82, 2.24) is 0 Å². The molecule has 0 unspecified atom stereocenters. The first-order chi connectivity index (χ1) is 6.06. The number of nitrogens with two attached hydrogens (primary N) is 1. The predicted molar refractivity (Wildman–Crippen MR) is 55.6 cm³/mol. The molecule has 0 aliphatic heterocycles. The normalized spacial score (nSPS) is 9.69. The van der Waals surface area contributed by atoms with E-state index in [-0.39, 0.29) is 5.69 Å². The zero-order valence-electron chi connectivity index (χ0n) is 7.60. The quantitative estimate of drug-likeness (QED) is 0.690. The van der Waals surface area contributed by atoms with Crippen LogP contribution in [0.3, 0.4) is 0 Å². The first kappa shape index (κ1) is 9.52. The van der Waals surface area contributed by atoms with E-state index < -0.39 is 5.82 Å². The number of rotatable bonds is 2. The van der Waals surface area contributed by atoms with Crippen LogP contribution in [0.25, 0.3) is 11.6 Å². The summed E-state index contributed by atoms with van der Waals surface area (Å²) in [7, 11) is 0. The molecule has 1 nitrogen and oxygen atoms in total. The Morgan fingerprint density at radius 2 is 2.15 bits per heavy atom. The van der Waals surface area contributed by atoms with Gasteiger partial charge in [0.05, 0.1) is 5.69 Å². The molecule has 2 heteroatoms. The highest BCUT2D eigenvalue weighted by molar-refractivity contribution is 5.74. The number of anilines is 1. The lowest BCUT2D eigenvalue weighted by Crippen LogP contribution is -1.94. The van der Waals surface area contributed by atoms with Crippen molar-refractivity contribution in [2.45, 2.75) is 6.92 Å². The van der Waals surface area contributed by atoms with Gasteiger partial charge in [-0.2, -0.15) is 0 Å². The minimum Gasteiger partial charge on any atom is -0.396 e. The summed E-state index contributed by atoms with van der Waals surface area (Å²) in [6.07, 6.45) is 1.59. The molecule has 0 aliphatic carbocycles. The summed E-state index contributed by atoms with van der Waals surface area (Å²) in [5, 5.41) is 0. The fourth-order valence-corrected chi connectivity index (χ4v) is 1.14. The molecule has 0 aliphatic rings. The van der Waals surface area contributed by atoms with E-state index in [0.717, 1.165) is 16.7 Å². The van der Waals surface area contributed by atoms with Gasteiger partial charge in [0.15, 0.2) is 0 Å². The number of hydrogen-bond donors (Lipinski definition) is 1. The van der Waals surface area contributed by atoms with Gasteiger partial charge in [0.2, 0.25) is 0 Å². The minimum atomic E-state index is -0.417. The van der Waals surface area contributed by atoms with Crippen LogP contribution < -0.4 is 5.73 Å². The summed E-state index contributed by atoms with van der Waals surface area (Å²) in [5.41, 5.74) is 7.99. The molecule has 1 aromatic carbocycles. The van der Waals surface area contributed by atoms with E-state index in [4.69, 9.17) is 5.73 Å². The van der Waals surface area contributed by atoms with Crippen molar-refractivity contribution in [3.63, 3.8) is 0 Å². The fraction of sp³-hybridized carbons (Fsp3) is 0.0909. The first-order valence-corrected chi connectivity index (χ1v) is 3.93. The minimum absolute atomic E-state index is 0.142. The zero-order valence-corrected chi connectivity index (χ0v) is 7.60. The molecule has 0 saturated carbocycles. The standard InChI is InChI=1S/C11H12FN/c1-4-8-5-10(12)11(13)6-9(8)7(2)3/h4-6H,1-2,13H2,3H3. The van der Waals surface area contributed by atoms with Crippen molar-refractivity contribution in [3.05, 3.63) is 42.2 Å². The molecule has 1 aromatic rings. The van der Waals surface area contributed by atoms with Crippen molar-refractivity contribution in [2.75, 3.05) is 5.73 Å². The molecule has 0 heterocycles. The Balaban J connectivity index is 3.41. The molecule has 0 radical (unpaired) electrons. The lowest BCUT2D eigenvalue weighted by molar-refractivity contribution is 0.632. The largest absolute Gasteiger partial charge is 0.396 e. The van der Waals surface area contributed by atoms with Crippen LogP contribution in [0.4, 0.5) is 10.1 Å². The Bertz CT molecular complexity index is 367. The predicted octanol–water partition coefficient (Wildman–Crippen LogP) is 3.08. The van der Waals surface area contributed by atoms with Crippen LogP contribution >= 0.6 is 0 Å². The molecule has 0 fully saturated rings. The first-order valence-electron chi connectivity index (χ1n) is 3.93. The van der Waals surface area contributed by atoms with Crippen molar-refractivity contribution in [3.8, 4) is 0 Å². The second-order valence-electron chi connectivity index (χ2n) is 2.95. The van der Waals surface area contributed by atoms with Crippen molar-refractivity contribution < 1.29 is 4.39 Å². The van der Waals surface area contributed by atoms with Crippen LogP contribution in [0, 0.1) is 5.82 Å². The van der Waals surface area contributed by atoms with Gasteiger partial charge < -0.3 is 5.73 Å². The highest BCUT2D eigenvalue weighted by Crippen LogP contribution is 2.23. The molecule has 0 atom stereocenters. The van der Waals surface area contributed by atoms with E-state index in [1.165, 1.54) is 6.07 Å². The molecular formula is C11H12FN. The van der Waals surface area contributed by atoms with E-state index in [1.807, 2.05) is 6.92 Å². The molecule has 13 heavy (non-hydrogen) atoms. The van der Waals surface area contributed by atoms with Crippen LogP contribution in [0.15, 0.2) is 25.3 Å². The van der Waals surface area contributed by atoms with Gasteiger partial charge in [-0.1, -0.05) is 24.8 Å². The monoisotopic (exact) mass is 177 g/mol. The Hall–Kier alpha value is -1.57. The van der Waals surface area contributed by atoms with Gasteiger partial charge >= 0.3 is 0 Å². The average Bonchev–Trinajstić information content (AvgIpc) is 2.08. The number of halogens is 1. The molecule has 0 amide bonds. The van der Waals surface area contributed by atoms with Crippen molar-refractivity contribution in [2.24, 2.45) is 0 Å². The maximum Gasteiger partial charge on any atom is 0.146 e. The van der Waals surface area contributed by atoms with Crippen LogP contribution in [-0.4, -0.2) is 0 Å². The molecule has 1 rings (SSSR count). The Labute approximate surface area is 77.4 Å². The van der Waals surface area contributed by atoms with E-state index in [1.54, 1.807) is 12.1 Å². The average molecular weight is 177 g/mol. The highest BCUT2D eigenvalue weighted by atomic mass is 19.1. The lowest BCUT2D eigenvalue weighted by atomic mass is 10.0. The molecule has 0 bridgehead atoms. The second kappa shape index (κ2) is 3.44. The third kappa shape index (κ3) is 1.78. The lowest BCUT2D eigenvalue weighted by Gasteiger charge is -2.07. The van der Waals surface area contributed by atoms with E-state index in [2.05, 4.69) is 13.2 Å². The van der Waals surface area contributed by atoms with E-state index in [0.29, 0.717) is 0 Å². The summed E-state index contributed by atoms with van der Waals surface area (Å²) in [6.45, 7) is 9.22. The molecule has 2 N–H and O–H groups in total. The van der Waals surface area contributed by atoms with Gasteiger partial charge in [0, 0.05) is 0 Å². The van der Waals surface area contributed by atoms with Gasteiger partial charge in [-0.25, -0.2) is 4.39 Å². The second-order valence-corrected chi connectivity index (χ2v) is 2.95. The van der Waals surface area contributed by atoms with Gasteiger partial charge in [-0.3, -0.25) is 0 Å². The Kier molecular flexibility index (Phi) is 2.52.